The average molecular weight is 531 g/mol. The standard InChI is InChI=1S/C30H30N2O7/c1-31-10-12-32(13-11-31)27(37)15-20(19-8-9-25(38-2)21(33)14-19)28-22(34)16-23(35)29-24(36)17-26(39-30(28)29)18-6-4-3-5-7-18/h3-9,14,16-17,20,33-35H,10-13,15H2,1-2H3/t20-/m1/s1. The van der Waals surface area contributed by atoms with Crippen molar-refractivity contribution in [3.05, 3.63) is 82.0 Å². The molecule has 5 rings (SSSR count). The number of hydrogen-bond acceptors (Lipinski definition) is 8. The summed E-state index contributed by atoms with van der Waals surface area (Å²) in [6.45, 7) is 2.60. The van der Waals surface area contributed by atoms with Crippen LogP contribution in [0.15, 0.2) is 69.9 Å². The fourth-order valence-corrected chi connectivity index (χ4v) is 5.07. The molecule has 202 valence electrons. The van der Waals surface area contributed by atoms with Crippen LogP contribution in [0.25, 0.3) is 22.3 Å². The van der Waals surface area contributed by atoms with Gasteiger partial charge in [-0.25, -0.2) is 0 Å². The Labute approximate surface area is 225 Å². The summed E-state index contributed by atoms with van der Waals surface area (Å²) in [5.41, 5.74) is 0.800. The number of ether oxygens (including phenoxy) is 1. The van der Waals surface area contributed by atoms with Crippen molar-refractivity contribution < 1.29 is 29.3 Å². The quantitative estimate of drug-likeness (QED) is 0.343. The smallest absolute Gasteiger partial charge is 0.223 e. The van der Waals surface area contributed by atoms with Crippen LogP contribution in [-0.4, -0.2) is 71.4 Å². The molecule has 1 aliphatic rings. The molecule has 0 aliphatic carbocycles. The van der Waals surface area contributed by atoms with E-state index >= 15 is 0 Å². The highest BCUT2D eigenvalue weighted by Crippen LogP contribution is 2.44. The molecule has 0 unspecified atom stereocenters. The number of methoxy groups -OCH3 is 1. The van der Waals surface area contributed by atoms with E-state index in [1.54, 1.807) is 41.3 Å². The lowest BCUT2D eigenvalue weighted by Gasteiger charge is -2.33. The van der Waals surface area contributed by atoms with Gasteiger partial charge in [0.2, 0.25) is 5.91 Å². The Hall–Kier alpha value is -4.50. The van der Waals surface area contributed by atoms with E-state index in [1.807, 2.05) is 13.1 Å². The molecule has 1 amide bonds. The first-order valence-corrected chi connectivity index (χ1v) is 12.7. The van der Waals surface area contributed by atoms with Crippen molar-refractivity contribution >= 4 is 16.9 Å². The Kier molecular flexibility index (Phi) is 7.17. The van der Waals surface area contributed by atoms with Gasteiger partial charge < -0.3 is 34.3 Å². The number of phenols is 3. The average Bonchev–Trinajstić information content (AvgIpc) is 2.92. The predicted octanol–water partition coefficient (Wildman–Crippen LogP) is 3.88. The van der Waals surface area contributed by atoms with Crippen molar-refractivity contribution in [1.82, 2.24) is 9.80 Å². The van der Waals surface area contributed by atoms with E-state index < -0.39 is 17.1 Å². The third kappa shape index (κ3) is 5.13. The maximum atomic E-state index is 13.5. The highest BCUT2D eigenvalue weighted by Gasteiger charge is 2.30. The normalized spacial score (nSPS) is 14.9. The first-order valence-electron chi connectivity index (χ1n) is 12.7. The number of aromatic hydroxyl groups is 3. The number of amides is 1. The zero-order valence-corrected chi connectivity index (χ0v) is 21.8. The molecule has 9 nitrogen and oxygen atoms in total. The number of fused-ring (bicyclic) bond motifs is 1. The van der Waals surface area contributed by atoms with E-state index in [0.717, 1.165) is 19.2 Å². The van der Waals surface area contributed by atoms with Crippen LogP contribution in [-0.2, 0) is 4.79 Å². The number of hydrogen-bond donors (Lipinski definition) is 3. The summed E-state index contributed by atoms with van der Waals surface area (Å²) >= 11 is 0. The summed E-state index contributed by atoms with van der Waals surface area (Å²) in [5, 5.41) is 32.3. The summed E-state index contributed by atoms with van der Waals surface area (Å²) in [6, 6.07) is 16.1. The maximum absolute atomic E-state index is 13.5. The molecule has 2 heterocycles. The van der Waals surface area contributed by atoms with Crippen LogP contribution in [0.5, 0.6) is 23.0 Å². The highest BCUT2D eigenvalue weighted by atomic mass is 16.5. The molecule has 0 bridgehead atoms. The summed E-state index contributed by atoms with van der Waals surface area (Å²) in [4.78, 5) is 30.7. The molecule has 4 aromatic rings. The van der Waals surface area contributed by atoms with Gasteiger partial charge in [0, 0.05) is 61.8 Å². The molecule has 1 aliphatic heterocycles. The van der Waals surface area contributed by atoms with Gasteiger partial charge in [0.15, 0.2) is 16.9 Å². The molecule has 1 atom stereocenters. The summed E-state index contributed by atoms with van der Waals surface area (Å²) in [6.07, 6.45) is -0.0673. The van der Waals surface area contributed by atoms with Crippen LogP contribution in [0.1, 0.15) is 23.5 Å². The van der Waals surface area contributed by atoms with Gasteiger partial charge in [-0.15, -0.1) is 0 Å². The number of carbonyl (C=O) groups excluding carboxylic acids is 1. The first-order chi connectivity index (χ1) is 18.8. The Morgan fingerprint density at radius 2 is 1.67 bits per heavy atom. The zero-order chi connectivity index (χ0) is 27.7. The van der Waals surface area contributed by atoms with E-state index in [1.165, 1.54) is 19.2 Å². The summed E-state index contributed by atoms with van der Waals surface area (Å²) in [5.74, 6) is -1.36. The first kappa shape index (κ1) is 26.1. The fraction of sp³-hybridized carbons (Fsp3) is 0.267. The molecule has 0 spiro atoms. The number of carbonyl (C=O) groups is 1. The van der Waals surface area contributed by atoms with Gasteiger partial charge in [0.05, 0.1) is 7.11 Å². The summed E-state index contributed by atoms with van der Waals surface area (Å²) < 4.78 is 11.4. The number of nitrogens with zero attached hydrogens (tertiary/aromatic N) is 2. The monoisotopic (exact) mass is 530 g/mol. The third-order valence-electron chi connectivity index (χ3n) is 7.24. The third-order valence-corrected chi connectivity index (χ3v) is 7.24. The molecule has 1 saturated heterocycles. The second kappa shape index (κ2) is 10.7. The lowest BCUT2D eigenvalue weighted by Crippen LogP contribution is -2.47. The van der Waals surface area contributed by atoms with Crippen molar-refractivity contribution in [2.75, 3.05) is 40.3 Å². The molecular weight excluding hydrogens is 500 g/mol. The molecule has 9 heteroatoms. The van der Waals surface area contributed by atoms with Crippen LogP contribution >= 0.6 is 0 Å². The molecule has 3 N–H and O–H groups in total. The van der Waals surface area contributed by atoms with E-state index in [-0.39, 0.29) is 51.9 Å². The predicted molar refractivity (Wildman–Crippen MR) is 146 cm³/mol. The number of benzene rings is 3. The largest absolute Gasteiger partial charge is 0.507 e. The Balaban J connectivity index is 1.71. The summed E-state index contributed by atoms with van der Waals surface area (Å²) in [7, 11) is 3.43. The van der Waals surface area contributed by atoms with Gasteiger partial charge in [-0.2, -0.15) is 0 Å². The Morgan fingerprint density at radius 3 is 2.33 bits per heavy atom. The minimum absolute atomic E-state index is 0.0228. The number of likely N-dealkylation sites (N-methyl/N-ethyl adjacent to an activating group) is 1. The van der Waals surface area contributed by atoms with E-state index in [2.05, 4.69) is 4.90 Å². The fourth-order valence-electron chi connectivity index (χ4n) is 5.07. The molecule has 3 aromatic carbocycles. The van der Waals surface area contributed by atoms with Gasteiger partial charge in [-0.1, -0.05) is 36.4 Å². The SMILES string of the molecule is COc1ccc([C@@H](CC(=O)N2CCN(C)CC2)c2c(O)cc(O)c3c(=O)cc(-c4ccccc4)oc23)cc1O. The zero-order valence-electron chi connectivity index (χ0n) is 21.8. The second-order valence-electron chi connectivity index (χ2n) is 9.75. The van der Waals surface area contributed by atoms with Crippen LogP contribution in [0.3, 0.4) is 0 Å². The van der Waals surface area contributed by atoms with Crippen molar-refractivity contribution in [1.29, 1.82) is 0 Å². The van der Waals surface area contributed by atoms with Crippen molar-refractivity contribution in [2.24, 2.45) is 0 Å². The lowest BCUT2D eigenvalue weighted by molar-refractivity contribution is -0.133. The van der Waals surface area contributed by atoms with Crippen LogP contribution in [0.2, 0.25) is 0 Å². The lowest BCUT2D eigenvalue weighted by atomic mass is 9.85. The number of piperazine rings is 1. The number of phenolic OH excluding ortho intramolecular Hbond substituents is 3. The minimum Gasteiger partial charge on any atom is -0.507 e. The Morgan fingerprint density at radius 1 is 0.949 bits per heavy atom. The Bertz CT molecular complexity index is 1570. The molecule has 0 saturated carbocycles. The molecular formula is C30H30N2O7. The number of rotatable bonds is 6. The minimum atomic E-state index is -0.814. The molecule has 39 heavy (non-hydrogen) atoms. The molecule has 1 fully saturated rings. The highest BCUT2D eigenvalue weighted by molar-refractivity contribution is 5.91. The van der Waals surface area contributed by atoms with Crippen LogP contribution < -0.4 is 10.2 Å². The van der Waals surface area contributed by atoms with Crippen molar-refractivity contribution in [3.63, 3.8) is 0 Å². The van der Waals surface area contributed by atoms with Crippen molar-refractivity contribution in [2.45, 2.75) is 12.3 Å². The van der Waals surface area contributed by atoms with Gasteiger partial charge in [-0.05, 0) is 24.7 Å². The van der Waals surface area contributed by atoms with Gasteiger partial charge >= 0.3 is 0 Å². The van der Waals surface area contributed by atoms with Gasteiger partial charge in [0.1, 0.15) is 28.2 Å². The second-order valence-corrected chi connectivity index (χ2v) is 9.75. The molecule has 0 radical (unpaired) electrons. The van der Waals surface area contributed by atoms with Gasteiger partial charge in [0.25, 0.3) is 0 Å². The van der Waals surface area contributed by atoms with E-state index in [0.29, 0.717) is 24.2 Å². The van der Waals surface area contributed by atoms with Crippen LogP contribution in [0, 0.1) is 0 Å². The van der Waals surface area contributed by atoms with Gasteiger partial charge in [-0.3, -0.25) is 9.59 Å². The van der Waals surface area contributed by atoms with E-state index in [9.17, 15) is 24.9 Å². The van der Waals surface area contributed by atoms with E-state index in [4.69, 9.17) is 9.15 Å². The molecule has 1 aromatic heterocycles. The topological polar surface area (TPSA) is 124 Å². The van der Waals surface area contributed by atoms with Crippen LogP contribution in [0.4, 0.5) is 0 Å². The maximum Gasteiger partial charge on any atom is 0.223 e. The van der Waals surface area contributed by atoms with Crippen molar-refractivity contribution in [3.8, 4) is 34.3 Å².